The van der Waals surface area contributed by atoms with E-state index in [1.807, 2.05) is 19.1 Å². The Balaban J connectivity index is 2.22. The van der Waals surface area contributed by atoms with Gasteiger partial charge in [0.05, 0.1) is 14.2 Å². The van der Waals surface area contributed by atoms with Gasteiger partial charge < -0.3 is 14.2 Å². The molecule has 1 aliphatic carbocycles. The van der Waals surface area contributed by atoms with Gasteiger partial charge in [-0.25, -0.2) is 4.79 Å². The highest BCUT2D eigenvalue weighted by Gasteiger charge is 2.24. The molecule has 102 valence electrons. The summed E-state index contributed by atoms with van der Waals surface area (Å²) in [7, 11) is 2.77. The Morgan fingerprint density at radius 2 is 2.05 bits per heavy atom. The molecule has 0 N–H and O–H groups in total. The van der Waals surface area contributed by atoms with Crippen LogP contribution in [-0.2, 0) is 14.3 Å². The molecule has 1 saturated carbocycles. The summed E-state index contributed by atoms with van der Waals surface area (Å²) >= 11 is 0. The lowest BCUT2D eigenvalue weighted by Crippen LogP contribution is -2.11. The van der Waals surface area contributed by atoms with Gasteiger partial charge in [-0.2, -0.15) is 0 Å². The van der Waals surface area contributed by atoms with E-state index in [-0.39, 0.29) is 5.76 Å². The van der Waals surface area contributed by atoms with Crippen molar-refractivity contribution in [1.82, 2.24) is 0 Å². The standard InChI is InChI=1S/C15H18O4/c1-10-4-5-12(11-6-7-11)8-13(10)19-14(9-17-2)15(16)18-3/h4-5,8-9,11H,6-7H2,1-3H3/b14-9-. The largest absolute Gasteiger partial charge is 0.500 e. The number of ether oxygens (including phenoxy) is 3. The Bertz CT molecular complexity index is 501. The Morgan fingerprint density at radius 3 is 2.63 bits per heavy atom. The predicted molar refractivity (Wildman–Crippen MR) is 70.9 cm³/mol. The molecule has 4 nitrogen and oxygen atoms in total. The van der Waals surface area contributed by atoms with Gasteiger partial charge in [-0.15, -0.1) is 0 Å². The van der Waals surface area contributed by atoms with Gasteiger partial charge in [-0.3, -0.25) is 0 Å². The zero-order chi connectivity index (χ0) is 13.8. The molecule has 0 bridgehead atoms. The van der Waals surface area contributed by atoms with E-state index in [4.69, 9.17) is 9.47 Å². The average Bonchev–Trinajstić information content (AvgIpc) is 3.24. The Hall–Kier alpha value is -1.97. The van der Waals surface area contributed by atoms with E-state index in [2.05, 4.69) is 10.8 Å². The van der Waals surface area contributed by atoms with Crippen LogP contribution in [0.15, 0.2) is 30.2 Å². The van der Waals surface area contributed by atoms with Gasteiger partial charge in [0.1, 0.15) is 12.0 Å². The van der Waals surface area contributed by atoms with Crippen LogP contribution < -0.4 is 4.74 Å². The number of aryl methyl sites for hydroxylation is 1. The summed E-state index contributed by atoms with van der Waals surface area (Å²) in [6, 6.07) is 6.10. The number of carbonyl (C=O) groups excluding carboxylic acids is 1. The fourth-order valence-corrected chi connectivity index (χ4v) is 1.84. The van der Waals surface area contributed by atoms with Crippen LogP contribution in [0, 0.1) is 6.92 Å². The normalized spacial score (nSPS) is 15.0. The Labute approximate surface area is 113 Å². The maximum atomic E-state index is 11.6. The lowest BCUT2D eigenvalue weighted by Gasteiger charge is -2.11. The molecule has 0 aliphatic heterocycles. The molecule has 0 spiro atoms. The van der Waals surface area contributed by atoms with Crippen molar-refractivity contribution in [2.75, 3.05) is 14.2 Å². The van der Waals surface area contributed by atoms with Crippen molar-refractivity contribution >= 4 is 5.97 Å². The van der Waals surface area contributed by atoms with Crippen molar-refractivity contribution in [3.8, 4) is 5.75 Å². The number of rotatable bonds is 5. The molecule has 0 aromatic heterocycles. The Morgan fingerprint density at radius 1 is 1.32 bits per heavy atom. The van der Waals surface area contributed by atoms with Gasteiger partial charge in [0, 0.05) is 0 Å². The van der Waals surface area contributed by atoms with Crippen molar-refractivity contribution in [3.63, 3.8) is 0 Å². The fourth-order valence-electron chi connectivity index (χ4n) is 1.84. The summed E-state index contributed by atoms with van der Waals surface area (Å²) in [5.41, 5.74) is 2.22. The van der Waals surface area contributed by atoms with Crippen LogP contribution in [0.25, 0.3) is 0 Å². The molecule has 1 fully saturated rings. The molecule has 0 radical (unpaired) electrons. The molecule has 0 amide bonds. The molecule has 1 aliphatic rings. The maximum Gasteiger partial charge on any atom is 0.377 e. The molecule has 4 heteroatoms. The van der Waals surface area contributed by atoms with Crippen LogP contribution in [0.1, 0.15) is 29.9 Å². The summed E-state index contributed by atoms with van der Waals surface area (Å²) in [5, 5.41) is 0. The molecule has 0 atom stereocenters. The molecule has 19 heavy (non-hydrogen) atoms. The van der Waals surface area contributed by atoms with E-state index in [1.165, 1.54) is 38.9 Å². The number of benzene rings is 1. The smallest absolute Gasteiger partial charge is 0.377 e. The second kappa shape index (κ2) is 5.78. The monoisotopic (exact) mass is 262 g/mol. The third kappa shape index (κ3) is 3.28. The minimum Gasteiger partial charge on any atom is -0.500 e. The topological polar surface area (TPSA) is 44.8 Å². The van der Waals surface area contributed by atoms with Gasteiger partial charge in [0.2, 0.25) is 5.76 Å². The summed E-state index contributed by atoms with van der Waals surface area (Å²) in [4.78, 5) is 11.6. The highest BCUT2D eigenvalue weighted by atomic mass is 16.6. The second-order valence-corrected chi connectivity index (χ2v) is 4.61. The Kier molecular flexibility index (Phi) is 4.10. The first-order valence-corrected chi connectivity index (χ1v) is 6.25. The van der Waals surface area contributed by atoms with Gasteiger partial charge >= 0.3 is 5.97 Å². The number of esters is 1. The number of carbonyl (C=O) groups is 1. The van der Waals surface area contributed by atoms with Crippen molar-refractivity contribution in [2.24, 2.45) is 0 Å². The summed E-state index contributed by atoms with van der Waals surface area (Å²) in [6.45, 7) is 1.94. The predicted octanol–water partition coefficient (Wildman–Crippen LogP) is 2.91. The van der Waals surface area contributed by atoms with Crippen molar-refractivity contribution in [3.05, 3.63) is 41.3 Å². The van der Waals surface area contributed by atoms with E-state index in [9.17, 15) is 4.79 Å². The van der Waals surface area contributed by atoms with Crippen molar-refractivity contribution in [2.45, 2.75) is 25.7 Å². The first-order chi connectivity index (χ1) is 9.15. The van der Waals surface area contributed by atoms with E-state index < -0.39 is 5.97 Å². The second-order valence-electron chi connectivity index (χ2n) is 4.61. The van der Waals surface area contributed by atoms with Crippen molar-refractivity contribution in [1.29, 1.82) is 0 Å². The van der Waals surface area contributed by atoms with Crippen LogP contribution in [0.4, 0.5) is 0 Å². The molecule has 0 saturated heterocycles. The lowest BCUT2D eigenvalue weighted by atomic mass is 10.1. The summed E-state index contributed by atoms with van der Waals surface area (Å²) in [6.07, 6.45) is 3.69. The first-order valence-electron chi connectivity index (χ1n) is 6.25. The van der Waals surface area contributed by atoms with Crippen LogP contribution in [0.5, 0.6) is 5.75 Å². The van der Waals surface area contributed by atoms with Gasteiger partial charge in [-0.1, -0.05) is 12.1 Å². The van der Waals surface area contributed by atoms with Crippen molar-refractivity contribution < 1.29 is 19.0 Å². The molecule has 1 aromatic rings. The average molecular weight is 262 g/mol. The van der Waals surface area contributed by atoms with E-state index in [0.717, 1.165) is 5.56 Å². The molecular weight excluding hydrogens is 244 g/mol. The zero-order valence-electron chi connectivity index (χ0n) is 11.4. The summed E-state index contributed by atoms with van der Waals surface area (Å²) in [5.74, 6) is 0.785. The molecule has 1 aromatic carbocycles. The van der Waals surface area contributed by atoms with E-state index in [1.54, 1.807) is 0 Å². The minimum absolute atomic E-state index is 0.0426. The molecule has 0 heterocycles. The van der Waals surface area contributed by atoms with Crippen LogP contribution in [0.2, 0.25) is 0 Å². The van der Waals surface area contributed by atoms with Gasteiger partial charge in [0.15, 0.2) is 0 Å². The number of methoxy groups -OCH3 is 2. The third-order valence-corrected chi connectivity index (χ3v) is 3.09. The molecule has 0 unspecified atom stereocenters. The minimum atomic E-state index is -0.557. The van der Waals surface area contributed by atoms with E-state index in [0.29, 0.717) is 11.7 Å². The SMILES string of the molecule is CO/C=C(\Oc1cc(C2CC2)ccc1C)C(=O)OC. The number of hydrogen-bond donors (Lipinski definition) is 0. The molecular formula is C15H18O4. The fraction of sp³-hybridized carbons (Fsp3) is 0.400. The summed E-state index contributed by atoms with van der Waals surface area (Å²) < 4.78 is 15.1. The first kappa shape index (κ1) is 13.5. The lowest BCUT2D eigenvalue weighted by molar-refractivity contribution is -0.138. The highest BCUT2D eigenvalue weighted by Crippen LogP contribution is 2.41. The van der Waals surface area contributed by atoms with Crippen LogP contribution in [0.3, 0.4) is 0 Å². The van der Waals surface area contributed by atoms with E-state index >= 15 is 0 Å². The van der Waals surface area contributed by atoms with Gasteiger partial charge in [-0.05, 0) is 42.9 Å². The number of hydrogen-bond acceptors (Lipinski definition) is 4. The zero-order valence-corrected chi connectivity index (χ0v) is 11.4. The highest BCUT2D eigenvalue weighted by molar-refractivity contribution is 5.86. The maximum absolute atomic E-state index is 11.6. The van der Waals surface area contributed by atoms with Gasteiger partial charge in [0.25, 0.3) is 0 Å². The third-order valence-electron chi connectivity index (χ3n) is 3.09. The quantitative estimate of drug-likeness (QED) is 0.465. The molecule has 2 rings (SSSR count). The van der Waals surface area contributed by atoms with Crippen LogP contribution in [-0.4, -0.2) is 20.2 Å². The van der Waals surface area contributed by atoms with Crippen LogP contribution >= 0.6 is 0 Å².